The van der Waals surface area contributed by atoms with E-state index in [1.165, 1.54) is 0 Å². The molecule has 0 aromatic heterocycles. The van der Waals surface area contributed by atoms with Gasteiger partial charge in [0.25, 0.3) is 0 Å². The molecule has 0 aliphatic heterocycles. The first kappa shape index (κ1) is 15.4. The van der Waals surface area contributed by atoms with Crippen LogP contribution in [0.2, 0.25) is 0 Å². The number of aliphatic hydroxyl groups is 1. The van der Waals surface area contributed by atoms with Crippen LogP contribution in [-0.4, -0.2) is 39.0 Å². The summed E-state index contributed by atoms with van der Waals surface area (Å²) in [6.07, 6.45) is 0.506. The molecule has 1 aliphatic carbocycles. The van der Waals surface area contributed by atoms with Gasteiger partial charge in [0, 0.05) is 18.1 Å². The smallest absolute Gasteiger partial charge is 0.229 e. The van der Waals surface area contributed by atoms with E-state index >= 15 is 0 Å². The third kappa shape index (κ3) is 4.19. The molecule has 0 aromatic rings. The summed E-state index contributed by atoms with van der Waals surface area (Å²) in [6.45, 7) is 5.86. The van der Waals surface area contributed by atoms with Gasteiger partial charge in [-0.2, -0.15) is 11.8 Å². The molecule has 0 aromatic carbocycles. The number of amides is 1. The molecule has 1 rings (SSSR count). The minimum Gasteiger partial charge on any atom is -0.390 e. The first-order valence-corrected chi connectivity index (χ1v) is 7.46. The number of thioether (sulfide) groups is 1. The molecule has 1 saturated carbocycles. The zero-order valence-corrected chi connectivity index (χ0v) is 12.7. The summed E-state index contributed by atoms with van der Waals surface area (Å²) in [6, 6.07) is 0. The lowest BCUT2D eigenvalue weighted by molar-refractivity contribution is -0.125. The molecule has 0 unspecified atom stereocenters. The maximum atomic E-state index is 11.8. The van der Waals surface area contributed by atoms with E-state index in [2.05, 4.69) is 5.32 Å². The second kappa shape index (κ2) is 5.16. The second-order valence-corrected chi connectivity index (χ2v) is 7.92. The normalized spacial score (nSPS) is 26.7. The topological polar surface area (TPSA) is 49.3 Å². The van der Waals surface area contributed by atoms with Crippen molar-refractivity contribution < 1.29 is 9.90 Å². The summed E-state index contributed by atoms with van der Waals surface area (Å²) in [5.41, 5.74) is -1.31. The maximum Gasteiger partial charge on any atom is 0.229 e. The molecule has 100 valence electrons. The lowest BCUT2D eigenvalue weighted by Crippen LogP contribution is -2.35. The van der Waals surface area contributed by atoms with E-state index in [4.69, 9.17) is 23.2 Å². The first-order chi connectivity index (χ1) is 7.58. The average molecular weight is 300 g/mol. The highest BCUT2D eigenvalue weighted by Gasteiger charge is 2.67. The average Bonchev–Trinajstić information content (AvgIpc) is 2.64. The number of rotatable bonds is 6. The van der Waals surface area contributed by atoms with Gasteiger partial charge in [0.2, 0.25) is 5.91 Å². The van der Waals surface area contributed by atoms with Crippen LogP contribution in [0.15, 0.2) is 0 Å². The van der Waals surface area contributed by atoms with E-state index in [0.717, 1.165) is 5.75 Å². The Balaban J connectivity index is 2.15. The molecule has 6 heteroatoms. The van der Waals surface area contributed by atoms with Gasteiger partial charge in [-0.1, -0.05) is 0 Å². The summed E-state index contributed by atoms with van der Waals surface area (Å²) in [7, 11) is 0. The number of halogens is 2. The van der Waals surface area contributed by atoms with Gasteiger partial charge in [0.05, 0.1) is 11.0 Å². The van der Waals surface area contributed by atoms with E-state index in [0.29, 0.717) is 18.7 Å². The number of carbonyl (C=O) groups excluding carboxylic acids is 1. The van der Waals surface area contributed by atoms with E-state index in [9.17, 15) is 9.90 Å². The van der Waals surface area contributed by atoms with E-state index < -0.39 is 15.3 Å². The summed E-state index contributed by atoms with van der Waals surface area (Å²) in [5, 5.41) is 12.3. The van der Waals surface area contributed by atoms with E-state index in [1.54, 1.807) is 32.5 Å². The fourth-order valence-corrected chi connectivity index (χ4v) is 3.00. The molecule has 0 radical (unpaired) electrons. The lowest BCUT2D eigenvalue weighted by Gasteiger charge is -2.16. The van der Waals surface area contributed by atoms with Crippen molar-refractivity contribution in [1.29, 1.82) is 0 Å². The Labute approximate surface area is 117 Å². The number of carbonyl (C=O) groups is 1. The van der Waals surface area contributed by atoms with Crippen LogP contribution in [0.25, 0.3) is 0 Å². The molecule has 0 saturated heterocycles. The van der Waals surface area contributed by atoms with Gasteiger partial charge < -0.3 is 10.4 Å². The predicted octanol–water partition coefficient (Wildman–Crippen LogP) is 2.19. The van der Waals surface area contributed by atoms with Crippen molar-refractivity contribution in [1.82, 2.24) is 5.32 Å². The molecule has 17 heavy (non-hydrogen) atoms. The minimum atomic E-state index is -0.905. The monoisotopic (exact) mass is 299 g/mol. The van der Waals surface area contributed by atoms with Crippen LogP contribution in [-0.2, 0) is 4.79 Å². The Hall–Kier alpha value is 0.360. The van der Waals surface area contributed by atoms with Gasteiger partial charge in [-0.25, -0.2) is 0 Å². The summed E-state index contributed by atoms with van der Waals surface area (Å²) in [5.74, 6) is 1.32. The van der Waals surface area contributed by atoms with Gasteiger partial charge >= 0.3 is 0 Å². The molecule has 1 aliphatic rings. The molecule has 3 nitrogen and oxygen atoms in total. The third-order valence-electron chi connectivity index (χ3n) is 2.75. The standard InChI is InChI=1S/C11H19Cl2NO2S/c1-9(2,16)7-17-5-4-14-8(15)10(3)6-11(10,12)13/h16H,4-7H2,1-3H3,(H,14,15)/t10-/m0/s1. The Bertz CT molecular complexity index is 304. The van der Waals surface area contributed by atoms with Crippen LogP contribution in [0, 0.1) is 5.41 Å². The predicted molar refractivity (Wildman–Crippen MR) is 73.8 cm³/mol. The van der Waals surface area contributed by atoms with Gasteiger partial charge in [-0.3, -0.25) is 4.79 Å². The van der Waals surface area contributed by atoms with Gasteiger partial charge in [0.15, 0.2) is 0 Å². The second-order valence-electron chi connectivity index (χ2n) is 5.33. The van der Waals surface area contributed by atoms with Crippen LogP contribution in [0.5, 0.6) is 0 Å². The zero-order chi connectivity index (χ0) is 13.3. The number of nitrogens with one attached hydrogen (secondary N) is 1. The third-order valence-corrected chi connectivity index (χ3v) is 5.25. The Kier molecular flexibility index (Phi) is 4.68. The molecule has 2 N–H and O–H groups in total. The van der Waals surface area contributed by atoms with Crippen LogP contribution in [0.4, 0.5) is 0 Å². The van der Waals surface area contributed by atoms with Gasteiger partial charge in [0.1, 0.15) is 4.33 Å². The van der Waals surface area contributed by atoms with Crippen molar-refractivity contribution in [3.63, 3.8) is 0 Å². The minimum absolute atomic E-state index is 0.0913. The molecular formula is C11H19Cl2NO2S. The summed E-state index contributed by atoms with van der Waals surface area (Å²) in [4.78, 5) is 11.8. The highest BCUT2D eigenvalue weighted by Crippen LogP contribution is 2.63. The van der Waals surface area contributed by atoms with Crippen molar-refractivity contribution in [2.45, 2.75) is 37.1 Å². The quantitative estimate of drug-likeness (QED) is 0.584. The SMILES string of the molecule is CC(C)(O)CSCCNC(=O)[C@]1(C)CC1(Cl)Cl. The highest BCUT2D eigenvalue weighted by molar-refractivity contribution is 7.99. The fraction of sp³-hybridized carbons (Fsp3) is 0.909. The first-order valence-electron chi connectivity index (χ1n) is 5.55. The number of hydrogen-bond donors (Lipinski definition) is 2. The molecule has 0 bridgehead atoms. The van der Waals surface area contributed by atoms with E-state index in [-0.39, 0.29) is 5.91 Å². The zero-order valence-electron chi connectivity index (χ0n) is 10.3. The van der Waals surface area contributed by atoms with E-state index in [1.807, 2.05) is 0 Å². The van der Waals surface area contributed by atoms with Crippen molar-refractivity contribution in [3.8, 4) is 0 Å². The van der Waals surface area contributed by atoms with Crippen molar-refractivity contribution in [2.75, 3.05) is 18.1 Å². The Morgan fingerprint density at radius 2 is 2.06 bits per heavy atom. The number of hydrogen-bond acceptors (Lipinski definition) is 3. The molecule has 1 amide bonds. The molecular weight excluding hydrogens is 281 g/mol. The van der Waals surface area contributed by atoms with Gasteiger partial charge in [-0.15, -0.1) is 23.2 Å². The Morgan fingerprint density at radius 1 is 1.53 bits per heavy atom. The van der Waals surface area contributed by atoms with Gasteiger partial charge in [-0.05, 0) is 27.2 Å². The fourth-order valence-electron chi connectivity index (χ4n) is 1.40. The van der Waals surface area contributed by atoms with Crippen LogP contribution in [0.3, 0.4) is 0 Å². The maximum absolute atomic E-state index is 11.8. The lowest BCUT2D eigenvalue weighted by atomic mass is 10.1. The van der Waals surface area contributed by atoms with Crippen molar-refractivity contribution in [2.24, 2.45) is 5.41 Å². The molecule has 0 heterocycles. The molecule has 1 fully saturated rings. The van der Waals surface area contributed by atoms with Crippen molar-refractivity contribution >= 4 is 40.9 Å². The van der Waals surface area contributed by atoms with Crippen molar-refractivity contribution in [3.05, 3.63) is 0 Å². The summed E-state index contributed by atoms with van der Waals surface area (Å²) >= 11 is 13.4. The molecule has 1 atom stereocenters. The molecule has 0 spiro atoms. The number of alkyl halides is 2. The Morgan fingerprint density at radius 3 is 2.47 bits per heavy atom. The van der Waals surface area contributed by atoms with Crippen LogP contribution >= 0.6 is 35.0 Å². The summed E-state index contributed by atoms with van der Waals surface area (Å²) < 4.78 is -0.905. The van der Waals surface area contributed by atoms with Crippen LogP contribution in [0.1, 0.15) is 27.2 Å². The van der Waals surface area contributed by atoms with Crippen LogP contribution < -0.4 is 5.32 Å². The highest BCUT2D eigenvalue weighted by atomic mass is 35.5. The largest absolute Gasteiger partial charge is 0.390 e.